The van der Waals surface area contributed by atoms with Gasteiger partial charge in [0.1, 0.15) is 5.75 Å². The number of anilines is 1. The zero-order valence-corrected chi connectivity index (χ0v) is 16.4. The SMILES string of the molecule is COC(=O)c1ccc(N[C@H](CC(=O)c2ccccc2)c2ccc(OC)cc2)cc1. The number of hydrogen-bond acceptors (Lipinski definition) is 5. The minimum absolute atomic E-state index is 0.0464. The fourth-order valence-corrected chi connectivity index (χ4v) is 3.04. The van der Waals surface area contributed by atoms with E-state index in [1.165, 1.54) is 7.11 Å². The molecule has 0 aliphatic carbocycles. The molecule has 5 heteroatoms. The van der Waals surface area contributed by atoms with Gasteiger partial charge in [0.05, 0.1) is 25.8 Å². The highest BCUT2D eigenvalue weighted by Gasteiger charge is 2.18. The molecule has 0 saturated heterocycles. The summed E-state index contributed by atoms with van der Waals surface area (Å²) < 4.78 is 9.97. The van der Waals surface area contributed by atoms with E-state index in [4.69, 9.17) is 9.47 Å². The Morgan fingerprint density at radius 3 is 2.07 bits per heavy atom. The van der Waals surface area contributed by atoms with Crippen molar-refractivity contribution in [3.05, 3.63) is 95.6 Å². The fourth-order valence-electron chi connectivity index (χ4n) is 3.04. The first-order valence-electron chi connectivity index (χ1n) is 9.28. The van der Waals surface area contributed by atoms with Crippen LogP contribution in [0.5, 0.6) is 5.75 Å². The lowest BCUT2D eigenvalue weighted by Crippen LogP contribution is -2.16. The third-order valence-corrected chi connectivity index (χ3v) is 4.65. The summed E-state index contributed by atoms with van der Waals surface area (Å²) in [5, 5.41) is 3.40. The maximum absolute atomic E-state index is 12.8. The second-order valence-corrected chi connectivity index (χ2v) is 6.53. The molecule has 0 aliphatic heterocycles. The monoisotopic (exact) mass is 389 g/mol. The van der Waals surface area contributed by atoms with Crippen LogP contribution in [0.2, 0.25) is 0 Å². The van der Waals surface area contributed by atoms with Gasteiger partial charge in [-0.15, -0.1) is 0 Å². The molecule has 0 aromatic heterocycles. The molecule has 0 heterocycles. The molecular weight excluding hydrogens is 366 g/mol. The van der Waals surface area contributed by atoms with Crippen molar-refractivity contribution >= 4 is 17.4 Å². The molecule has 5 nitrogen and oxygen atoms in total. The number of carbonyl (C=O) groups excluding carboxylic acids is 2. The Morgan fingerprint density at radius 2 is 1.48 bits per heavy atom. The van der Waals surface area contributed by atoms with Gasteiger partial charge in [-0.1, -0.05) is 42.5 Å². The Hall–Kier alpha value is -3.60. The summed E-state index contributed by atoms with van der Waals surface area (Å²) >= 11 is 0. The largest absolute Gasteiger partial charge is 0.497 e. The Morgan fingerprint density at radius 1 is 0.828 bits per heavy atom. The molecule has 0 fully saturated rings. The van der Waals surface area contributed by atoms with E-state index in [0.29, 0.717) is 11.1 Å². The highest BCUT2D eigenvalue weighted by atomic mass is 16.5. The van der Waals surface area contributed by atoms with Gasteiger partial charge < -0.3 is 14.8 Å². The van der Waals surface area contributed by atoms with E-state index in [1.54, 1.807) is 31.4 Å². The first-order chi connectivity index (χ1) is 14.1. The average Bonchev–Trinajstić information content (AvgIpc) is 2.79. The Kier molecular flexibility index (Phi) is 6.63. The summed E-state index contributed by atoms with van der Waals surface area (Å²) in [6, 6.07) is 23.6. The van der Waals surface area contributed by atoms with Crippen molar-refractivity contribution in [1.82, 2.24) is 0 Å². The zero-order valence-electron chi connectivity index (χ0n) is 16.4. The summed E-state index contributed by atoms with van der Waals surface area (Å²) in [5.41, 5.74) is 2.92. The number of nitrogens with one attached hydrogen (secondary N) is 1. The summed E-state index contributed by atoms with van der Waals surface area (Å²) in [6.45, 7) is 0. The van der Waals surface area contributed by atoms with E-state index < -0.39 is 0 Å². The van der Waals surface area contributed by atoms with Crippen molar-refractivity contribution in [2.75, 3.05) is 19.5 Å². The lowest BCUT2D eigenvalue weighted by atomic mass is 9.97. The maximum Gasteiger partial charge on any atom is 0.337 e. The highest BCUT2D eigenvalue weighted by molar-refractivity contribution is 5.96. The van der Waals surface area contributed by atoms with Crippen LogP contribution in [0, 0.1) is 0 Å². The molecule has 0 radical (unpaired) electrons. The molecule has 3 aromatic carbocycles. The molecule has 0 saturated carbocycles. The van der Waals surface area contributed by atoms with Crippen molar-refractivity contribution in [1.29, 1.82) is 0 Å². The van der Waals surface area contributed by atoms with Crippen LogP contribution in [-0.4, -0.2) is 26.0 Å². The minimum atomic E-state index is -0.387. The third kappa shape index (κ3) is 5.23. The van der Waals surface area contributed by atoms with Crippen molar-refractivity contribution in [3.63, 3.8) is 0 Å². The van der Waals surface area contributed by atoms with Gasteiger partial charge in [0, 0.05) is 17.7 Å². The number of esters is 1. The van der Waals surface area contributed by atoms with Gasteiger partial charge in [0.2, 0.25) is 0 Å². The number of rotatable bonds is 8. The predicted molar refractivity (Wildman–Crippen MR) is 113 cm³/mol. The molecule has 0 aliphatic rings. The molecule has 1 N–H and O–H groups in total. The van der Waals surface area contributed by atoms with E-state index >= 15 is 0 Å². The van der Waals surface area contributed by atoms with Gasteiger partial charge in [-0.05, 0) is 42.0 Å². The van der Waals surface area contributed by atoms with Crippen LogP contribution in [0.15, 0.2) is 78.9 Å². The number of methoxy groups -OCH3 is 2. The third-order valence-electron chi connectivity index (χ3n) is 4.65. The molecule has 29 heavy (non-hydrogen) atoms. The Bertz CT molecular complexity index is 950. The first-order valence-corrected chi connectivity index (χ1v) is 9.28. The van der Waals surface area contributed by atoms with Gasteiger partial charge in [-0.25, -0.2) is 4.79 Å². The first kappa shape index (κ1) is 20.1. The number of benzene rings is 3. The standard InChI is InChI=1S/C24H23NO4/c1-28-21-14-10-17(11-15-21)22(16-23(26)18-6-4-3-5-7-18)25-20-12-8-19(9-13-20)24(27)29-2/h3-15,22,25H,16H2,1-2H3/t22-/m1/s1. The predicted octanol–water partition coefficient (Wildman–Crippen LogP) is 4.91. The second kappa shape index (κ2) is 9.55. The van der Waals surface area contributed by atoms with Crippen molar-refractivity contribution in [2.45, 2.75) is 12.5 Å². The molecular formula is C24H23NO4. The van der Waals surface area contributed by atoms with Crippen LogP contribution in [-0.2, 0) is 4.74 Å². The number of ketones is 1. The normalized spacial score (nSPS) is 11.4. The van der Waals surface area contributed by atoms with Crippen LogP contribution in [0.4, 0.5) is 5.69 Å². The quantitative estimate of drug-likeness (QED) is 0.438. The van der Waals surface area contributed by atoms with Crippen LogP contribution in [0.1, 0.15) is 38.7 Å². The fraction of sp³-hybridized carbons (Fsp3) is 0.167. The summed E-state index contributed by atoms with van der Waals surface area (Å²) in [4.78, 5) is 24.4. The van der Waals surface area contributed by atoms with Crippen LogP contribution in [0.3, 0.4) is 0 Å². The molecule has 3 rings (SSSR count). The van der Waals surface area contributed by atoms with E-state index in [1.807, 2.05) is 54.6 Å². The number of Topliss-reactive ketones (excluding diaryl/α,β-unsaturated/α-hetero) is 1. The van der Waals surface area contributed by atoms with Crippen LogP contribution < -0.4 is 10.1 Å². The Balaban J connectivity index is 1.83. The summed E-state index contributed by atoms with van der Waals surface area (Å²) in [5.74, 6) is 0.414. The minimum Gasteiger partial charge on any atom is -0.497 e. The summed E-state index contributed by atoms with van der Waals surface area (Å²) in [6.07, 6.45) is 0.287. The molecule has 148 valence electrons. The lowest BCUT2D eigenvalue weighted by molar-refractivity contribution is 0.0600. The van der Waals surface area contributed by atoms with Crippen molar-refractivity contribution in [3.8, 4) is 5.75 Å². The molecule has 1 atom stereocenters. The summed E-state index contributed by atoms with van der Waals surface area (Å²) in [7, 11) is 2.97. The average molecular weight is 389 g/mol. The lowest BCUT2D eigenvalue weighted by Gasteiger charge is -2.20. The van der Waals surface area contributed by atoms with Gasteiger partial charge >= 0.3 is 5.97 Å². The van der Waals surface area contributed by atoms with E-state index in [-0.39, 0.29) is 24.2 Å². The van der Waals surface area contributed by atoms with E-state index in [0.717, 1.165) is 17.0 Å². The van der Waals surface area contributed by atoms with E-state index in [9.17, 15) is 9.59 Å². The van der Waals surface area contributed by atoms with Crippen LogP contribution in [0.25, 0.3) is 0 Å². The number of ether oxygens (including phenoxy) is 2. The topological polar surface area (TPSA) is 64.6 Å². The van der Waals surface area contributed by atoms with Gasteiger partial charge in [0.15, 0.2) is 5.78 Å². The second-order valence-electron chi connectivity index (χ2n) is 6.53. The zero-order chi connectivity index (χ0) is 20.6. The molecule has 0 spiro atoms. The van der Waals surface area contributed by atoms with Crippen LogP contribution >= 0.6 is 0 Å². The van der Waals surface area contributed by atoms with E-state index in [2.05, 4.69) is 5.32 Å². The molecule has 0 unspecified atom stereocenters. The smallest absolute Gasteiger partial charge is 0.337 e. The number of carbonyl (C=O) groups is 2. The van der Waals surface area contributed by atoms with Gasteiger partial charge in [-0.3, -0.25) is 4.79 Å². The van der Waals surface area contributed by atoms with Crippen molar-refractivity contribution in [2.24, 2.45) is 0 Å². The Labute approximate surface area is 170 Å². The van der Waals surface area contributed by atoms with Gasteiger partial charge in [-0.2, -0.15) is 0 Å². The highest BCUT2D eigenvalue weighted by Crippen LogP contribution is 2.26. The molecule has 0 bridgehead atoms. The molecule has 0 amide bonds. The maximum atomic E-state index is 12.8. The van der Waals surface area contributed by atoms with Gasteiger partial charge in [0.25, 0.3) is 0 Å². The molecule has 3 aromatic rings. The number of hydrogen-bond donors (Lipinski definition) is 1. The van der Waals surface area contributed by atoms with Crippen molar-refractivity contribution < 1.29 is 19.1 Å².